The van der Waals surface area contributed by atoms with Crippen molar-refractivity contribution in [1.29, 1.82) is 0 Å². The molecular weight excluding hydrogens is 436 g/mol. The van der Waals surface area contributed by atoms with E-state index >= 15 is 0 Å². The summed E-state index contributed by atoms with van der Waals surface area (Å²) in [7, 11) is 0. The molecule has 10 nitrogen and oxygen atoms in total. The number of esters is 2. The van der Waals surface area contributed by atoms with Crippen molar-refractivity contribution in [3.63, 3.8) is 0 Å². The van der Waals surface area contributed by atoms with Crippen LogP contribution in [-0.4, -0.2) is 52.0 Å². The summed E-state index contributed by atoms with van der Waals surface area (Å²) in [5.74, 6) is -3.23. The highest BCUT2D eigenvalue weighted by Gasteiger charge is 2.06. The van der Waals surface area contributed by atoms with E-state index in [4.69, 9.17) is 24.8 Å². The van der Waals surface area contributed by atoms with Crippen molar-refractivity contribution < 1.29 is 48.8 Å². The van der Waals surface area contributed by atoms with E-state index in [-0.39, 0.29) is 38.4 Å². The Morgan fingerprint density at radius 3 is 1.12 bits per heavy atom. The van der Waals surface area contributed by atoms with E-state index in [0.717, 1.165) is 25.7 Å². The van der Waals surface area contributed by atoms with Crippen LogP contribution in [0.5, 0.6) is 0 Å². The molecule has 0 atom stereocenters. The minimum absolute atomic E-state index is 0.116. The summed E-state index contributed by atoms with van der Waals surface area (Å²) in [5.41, 5.74) is 0. The Morgan fingerprint density at radius 1 is 0.485 bits per heavy atom. The number of aliphatic carboxylic acids is 3. The zero-order chi connectivity index (χ0) is 25.3. The second kappa shape index (κ2) is 24.0. The highest BCUT2D eigenvalue weighted by Crippen LogP contribution is 2.07. The summed E-state index contributed by atoms with van der Waals surface area (Å²) in [6.07, 6.45) is 9.87. The molecule has 0 heterocycles. The van der Waals surface area contributed by atoms with Crippen molar-refractivity contribution >= 4 is 29.8 Å². The number of carbonyl (C=O) groups is 5. The van der Waals surface area contributed by atoms with Crippen LogP contribution in [0.1, 0.15) is 110 Å². The summed E-state index contributed by atoms with van der Waals surface area (Å²) < 4.78 is 9.61. The van der Waals surface area contributed by atoms with Crippen LogP contribution in [-0.2, 0) is 33.4 Å². The molecular formula is C23H40O10. The van der Waals surface area contributed by atoms with Crippen LogP contribution in [0.3, 0.4) is 0 Å². The molecule has 0 unspecified atom stereocenters. The van der Waals surface area contributed by atoms with Gasteiger partial charge in [0, 0.05) is 32.1 Å². The predicted molar refractivity (Wildman–Crippen MR) is 120 cm³/mol. The van der Waals surface area contributed by atoms with Crippen molar-refractivity contribution in [2.45, 2.75) is 110 Å². The zero-order valence-corrected chi connectivity index (χ0v) is 19.7. The fourth-order valence-corrected chi connectivity index (χ4v) is 2.63. The number of carbonyl (C=O) groups excluding carboxylic acids is 2. The number of hydrogen-bond donors (Lipinski definition) is 3. The summed E-state index contributed by atoms with van der Waals surface area (Å²) in [6.45, 7) is 1.80. The van der Waals surface area contributed by atoms with Crippen LogP contribution in [0, 0.1) is 0 Å². The number of carboxylic acid groups (broad SMARTS) is 3. The lowest BCUT2D eigenvalue weighted by Gasteiger charge is -2.06. The van der Waals surface area contributed by atoms with Crippen molar-refractivity contribution in [3.8, 4) is 0 Å². The minimum atomic E-state index is -0.829. The van der Waals surface area contributed by atoms with Gasteiger partial charge in [-0.15, -0.1) is 0 Å². The van der Waals surface area contributed by atoms with Crippen LogP contribution < -0.4 is 0 Å². The second-order valence-electron chi connectivity index (χ2n) is 7.62. The fourth-order valence-electron chi connectivity index (χ4n) is 2.63. The Kier molecular flexibility index (Phi) is 23.7. The zero-order valence-electron chi connectivity index (χ0n) is 19.7. The topological polar surface area (TPSA) is 164 Å². The van der Waals surface area contributed by atoms with Gasteiger partial charge < -0.3 is 24.8 Å². The van der Waals surface area contributed by atoms with Crippen LogP contribution in [0.2, 0.25) is 0 Å². The van der Waals surface area contributed by atoms with E-state index in [1.807, 2.05) is 0 Å². The van der Waals surface area contributed by atoms with Gasteiger partial charge in [-0.1, -0.05) is 45.4 Å². The third-order valence-electron chi connectivity index (χ3n) is 4.48. The van der Waals surface area contributed by atoms with Gasteiger partial charge in [0.05, 0.1) is 0 Å². The number of rotatable bonds is 20. The van der Waals surface area contributed by atoms with Gasteiger partial charge in [-0.25, -0.2) is 0 Å². The Labute approximate surface area is 195 Å². The molecule has 0 bridgehead atoms. The molecule has 3 N–H and O–H groups in total. The summed E-state index contributed by atoms with van der Waals surface area (Å²) in [5, 5.41) is 24.9. The van der Waals surface area contributed by atoms with E-state index in [0.29, 0.717) is 44.9 Å². The highest BCUT2D eigenvalue weighted by molar-refractivity contribution is 5.71. The summed E-state index contributed by atoms with van der Waals surface area (Å²) >= 11 is 0. The molecule has 0 spiro atoms. The van der Waals surface area contributed by atoms with E-state index in [1.165, 1.54) is 6.42 Å². The molecule has 0 aliphatic heterocycles. The van der Waals surface area contributed by atoms with E-state index in [9.17, 15) is 24.0 Å². The largest absolute Gasteiger partial charge is 0.481 e. The molecule has 10 heteroatoms. The first kappa shape index (κ1) is 32.5. The molecule has 33 heavy (non-hydrogen) atoms. The van der Waals surface area contributed by atoms with E-state index in [1.54, 1.807) is 0 Å². The number of ether oxygens (including phenoxy) is 2. The second-order valence-corrected chi connectivity index (χ2v) is 7.62. The molecule has 0 saturated carbocycles. The van der Waals surface area contributed by atoms with Crippen LogP contribution in [0.4, 0.5) is 0 Å². The lowest BCUT2D eigenvalue weighted by molar-refractivity contribution is -0.167. The maximum Gasteiger partial charge on any atom is 0.308 e. The monoisotopic (exact) mass is 476 g/mol. The van der Waals surface area contributed by atoms with Gasteiger partial charge in [0.15, 0.2) is 0 Å². The van der Waals surface area contributed by atoms with E-state index < -0.39 is 23.9 Å². The molecule has 0 rings (SSSR count). The maximum atomic E-state index is 11.4. The molecule has 0 aromatic rings. The normalized spacial score (nSPS) is 9.97. The molecule has 0 aliphatic carbocycles. The first-order valence-electron chi connectivity index (χ1n) is 11.7. The first-order valence-corrected chi connectivity index (χ1v) is 11.7. The fraction of sp³-hybridized carbons (Fsp3) is 0.783. The number of unbranched alkanes of at least 4 members (excludes halogenated alkanes) is 8. The number of carboxylic acids is 3. The quantitative estimate of drug-likeness (QED) is 0.129. The van der Waals surface area contributed by atoms with Crippen molar-refractivity contribution in [2.24, 2.45) is 0 Å². The van der Waals surface area contributed by atoms with Gasteiger partial charge in [0.25, 0.3) is 0 Å². The van der Waals surface area contributed by atoms with Gasteiger partial charge in [-0.3, -0.25) is 24.0 Å². The molecule has 0 aromatic carbocycles. The van der Waals surface area contributed by atoms with Crippen molar-refractivity contribution in [2.75, 3.05) is 6.79 Å². The molecule has 192 valence electrons. The van der Waals surface area contributed by atoms with Crippen LogP contribution in [0.15, 0.2) is 0 Å². The Hall–Kier alpha value is -2.65. The number of hydrogen-bond acceptors (Lipinski definition) is 7. The average molecular weight is 477 g/mol. The molecule has 0 radical (unpaired) electrons. The summed E-state index contributed by atoms with van der Waals surface area (Å²) in [4.78, 5) is 52.9. The Balaban J connectivity index is 0. The van der Waals surface area contributed by atoms with E-state index in [2.05, 4.69) is 6.92 Å². The van der Waals surface area contributed by atoms with Crippen LogP contribution in [0.25, 0.3) is 0 Å². The van der Waals surface area contributed by atoms with Gasteiger partial charge >= 0.3 is 29.8 Å². The molecule has 0 saturated heterocycles. The van der Waals surface area contributed by atoms with Crippen molar-refractivity contribution in [3.05, 3.63) is 0 Å². The van der Waals surface area contributed by atoms with Crippen molar-refractivity contribution in [1.82, 2.24) is 0 Å². The Bertz CT molecular complexity index is 543. The highest BCUT2D eigenvalue weighted by atomic mass is 16.7. The minimum Gasteiger partial charge on any atom is -0.481 e. The van der Waals surface area contributed by atoms with Crippen LogP contribution >= 0.6 is 0 Å². The van der Waals surface area contributed by atoms with Gasteiger partial charge in [0.2, 0.25) is 6.79 Å². The lowest BCUT2D eigenvalue weighted by Crippen LogP contribution is -2.12. The third-order valence-corrected chi connectivity index (χ3v) is 4.48. The SMILES string of the molecule is CCCCCCCC(=O)OCOC(=O)CCCCCC(=O)O.O=C(O)CCCCCC(=O)O. The molecule has 0 aromatic heterocycles. The smallest absolute Gasteiger partial charge is 0.308 e. The predicted octanol–water partition coefficient (Wildman–Crippen LogP) is 4.53. The lowest BCUT2D eigenvalue weighted by atomic mass is 10.1. The Morgan fingerprint density at radius 2 is 0.788 bits per heavy atom. The molecule has 0 fully saturated rings. The molecule has 0 amide bonds. The van der Waals surface area contributed by atoms with Gasteiger partial charge in [0.1, 0.15) is 0 Å². The molecule has 0 aliphatic rings. The third kappa shape index (κ3) is 31.6. The van der Waals surface area contributed by atoms with Gasteiger partial charge in [-0.05, 0) is 32.1 Å². The average Bonchev–Trinajstić information content (AvgIpc) is 2.73. The van der Waals surface area contributed by atoms with Gasteiger partial charge in [-0.2, -0.15) is 0 Å². The first-order chi connectivity index (χ1) is 15.7. The maximum absolute atomic E-state index is 11.4. The summed E-state index contributed by atoms with van der Waals surface area (Å²) in [6, 6.07) is 0. The standard InChI is InChI=1S/C16H28O6.C7H12O4/c1-2-3-4-5-8-11-15(19)21-13-22-16(20)12-9-6-7-10-14(17)18;8-6(9)4-2-1-3-5-7(10)11/h2-13H2,1H3,(H,17,18);1-5H2,(H,8,9)(H,10,11).